The number of hydrogen-bond donors (Lipinski definition) is 0. The van der Waals surface area contributed by atoms with Crippen molar-refractivity contribution < 1.29 is 13.9 Å². The van der Waals surface area contributed by atoms with Crippen LogP contribution in [0.5, 0.6) is 5.75 Å². The molecule has 4 nitrogen and oxygen atoms in total. The Kier molecular flexibility index (Phi) is 5.47. The Morgan fingerprint density at radius 3 is 2.66 bits per heavy atom. The Balaban J connectivity index is 1.82. The van der Waals surface area contributed by atoms with Gasteiger partial charge in [0.1, 0.15) is 17.1 Å². The van der Waals surface area contributed by atoms with Crippen LogP contribution >= 0.6 is 22.9 Å². The fourth-order valence-corrected chi connectivity index (χ4v) is 4.15. The molecule has 0 aliphatic carbocycles. The summed E-state index contributed by atoms with van der Waals surface area (Å²) in [7, 11) is 1.49. The van der Waals surface area contributed by atoms with Crippen LogP contribution in [-0.4, -0.2) is 18.0 Å². The van der Waals surface area contributed by atoms with Gasteiger partial charge in [0.05, 0.1) is 23.9 Å². The minimum absolute atomic E-state index is 0.247. The number of methoxy groups -OCH3 is 1. The van der Waals surface area contributed by atoms with E-state index in [1.165, 1.54) is 29.4 Å². The van der Waals surface area contributed by atoms with Gasteiger partial charge in [-0.1, -0.05) is 59.3 Å². The molecule has 0 atom stereocenters. The van der Waals surface area contributed by atoms with E-state index in [-0.39, 0.29) is 18.0 Å². The van der Waals surface area contributed by atoms with E-state index < -0.39 is 5.82 Å². The number of benzene rings is 3. The zero-order valence-corrected chi connectivity index (χ0v) is 17.0. The summed E-state index contributed by atoms with van der Waals surface area (Å²) in [6.07, 6.45) is 0. The first kappa shape index (κ1) is 19.4. The number of carbonyl (C=O) groups excluding carboxylic acids is 1. The molecular weight excluding hydrogens is 411 g/mol. The van der Waals surface area contributed by atoms with E-state index >= 15 is 0 Å². The van der Waals surface area contributed by atoms with E-state index in [0.29, 0.717) is 26.2 Å². The number of carbonyl (C=O) groups is 1. The number of para-hydroxylation sites is 1. The first-order chi connectivity index (χ1) is 14.1. The van der Waals surface area contributed by atoms with Crippen molar-refractivity contribution in [1.29, 1.82) is 0 Å². The predicted molar refractivity (Wildman–Crippen MR) is 115 cm³/mol. The van der Waals surface area contributed by atoms with Gasteiger partial charge in [-0.15, -0.1) is 0 Å². The molecule has 0 aliphatic rings. The van der Waals surface area contributed by atoms with Crippen molar-refractivity contribution in [3.05, 3.63) is 88.7 Å². The molecule has 4 rings (SSSR count). The molecule has 0 aliphatic heterocycles. The maximum Gasteiger partial charge on any atom is 0.264 e. The van der Waals surface area contributed by atoms with E-state index in [2.05, 4.69) is 4.98 Å². The lowest BCUT2D eigenvalue weighted by Crippen LogP contribution is -2.30. The van der Waals surface area contributed by atoms with Gasteiger partial charge in [-0.2, -0.15) is 0 Å². The first-order valence-corrected chi connectivity index (χ1v) is 10.0. The van der Waals surface area contributed by atoms with Crippen molar-refractivity contribution in [2.45, 2.75) is 6.54 Å². The fraction of sp³-hybridized carbons (Fsp3) is 0.0909. The quantitative estimate of drug-likeness (QED) is 0.396. The molecule has 4 aromatic rings. The third-order valence-electron chi connectivity index (χ3n) is 4.41. The maximum absolute atomic E-state index is 14.2. The molecule has 0 saturated heterocycles. The summed E-state index contributed by atoms with van der Waals surface area (Å²) < 4.78 is 20.2. The third kappa shape index (κ3) is 3.95. The normalized spacial score (nSPS) is 10.9. The van der Waals surface area contributed by atoms with Gasteiger partial charge in [0.25, 0.3) is 5.91 Å². The predicted octanol–water partition coefficient (Wildman–Crippen LogP) is 5.94. The molecule has 0 fully saturated rings. The van der Waals surface area contributed by atoms with Crippen molar-refractivity contribution in [3.63, 3.8) is 0 Å². The highest BCUT2D eigenvalue weighted by Gasteiger charge is 2.25. The van der Waals surface area contributed by atoms with Crippen molar-refractivity contribution in [2.75, 3.05) is 12.0 Å². The Bertz CT molecular complexity index is 1180. The van der Waals surface area contributed by atoms with Gasteiger partial charge < -0.3 is 4.74 Å². The molecule has 0 bridgehead atoms. The van der Waals surface area contributed by atoms with Crippen LogP contribution in [0.3, 0.4) is 0 Å². The second-order valence-corrected chi connectivity index (χ2v) is 7.75. The highest BCUT2D eigenvalue weighted by atomic mass is 35.5. The van der Waals surface area contributed by atoms with Crippen LogP contribution < -0.4 is 9.64 Å². The van der Waals surface area contributed by atoms with E-state index in [0.717, 1.165) is 5.56 Å². The minimum atomic E-state index is -0.419. The monoisotopic (exact) mass is 426 g/mol. The number of hydrogen-bond acceptors (Lipinski definition) is 4. The number of halogens is 2. The molecule has 7 heteroatoms. The molecule has 1 aromatic heterocycles. The van der Waals surface area contributed by atoms with E-state index in [9.17, 15) is 9.18 Å². The van der Waals surface area contributed by atoms with Gasteiger partial charge in [-0.05, 0) is 35.9 Å². The molecule has 1 amide bonds. The van der Waals surface area contributed by atoms with Crippen LogP contribution in [0.15, 0.2) is 66.7 Å². The Morgan fingerprint density at radius 2 is 1.93 bits per heavy atom. The smallest absolute Gasteiger partial charge is 0.264 e. The van der Waals surface area contributed by atoms with Crippen LogP contribution in [0, 0.1) is 5.82 Å². The number of rotatable bonds is 5. The minimum Gasteiger partial charge on any atom is -0.496 e. The zero-order chi connectivity index (χ0) is 20.4. The summed E-state index contributed by atoms with van der Waals surface area (Å²) in [5.41, 5.74) is 1.48. The van der Waals surface area contributed by atoms with Gasteiger partial charge in [0.15, 0.2) is 5.13 Å². The van der Waals surface area contributed by atoms with Crippen LogP contribution in [0.1, 0.15) is 15.9 Å². The number of anilines is 1. The largest absolute Gasteiger partial charge is 0.496 e. The summed E-state index contributed by atoms with van der Waals surface area (Å²) >= 11 is 7.38. The van der Waals surface area contributed by atoms with E-state index in [4.69, 9.17) is 16.3 Å². The third-order valence-corrected chi connectivity index (χ3v) is 5.69. The fourth-order valence-electron chi connectivity index (χ4n) is 3.00. The second-order valence-electron chi connectivity index (χ2n) is 6.30. The topological polar surface area (TPSA) is 42.4 Å². The molecule has 3 aromatic carbocycles. The lowest BCUT2D eigenvalue weighted by Gasteiger charge is -2.21. The molecule has 0 radical (unpaired) electrons. The average Bonchev–Trinajstić information content (AvgIpc) is 3.17. The zero-order valence-electron chi connectivity index (χ0n) is 15.4. The van der Waals surface area contributed by atoms with Crippen molar-refractivity contribution >= 4 is 44.2 Å². The van der Waals surface area contributed by atoms with Gasteiger partial charge >= 0.3 is 0 Å². The van der Waals surface area contributed by atoms with Gasteiger partial charge in [0.2, 0.25) is 0 Å². The molecule has 29 heavy (non-hydrogen) atoms. The number of fused-ring (bicyclic) bond motifs is 1. The summed E-state index contributed by atoms with van der Waals surface area (Å²) in [5.74, 6) is -0.338. The Labute approximate surface area is 176 Å². The summed E-state index contributed by atoms with van der Waals surface area (Å²) in [4.78, 5) is 19.4. The number of ether oxygens (including phenoxy) is 1. The Morgan fingerprint density at radius 1 is 1.14 bits per heavy atom. The molecule has 1 heterocycles. The lowest BCUT2D eigenvalue weighted by atomic mass is 10.1. The SMILES string of the molecule is COc1ccc(Cl)cc1C(=O)N(Cc1ccccc1)c1nc2c(F)cccc2s1. The number of thiazole rings is 1. The highest BCUT2D eigenvalue weighted by Crippen LogP contribution is 2.33. The average molecular weight is 427 g/mol. The Hall–Kier alpha value is -2.96. The summed E-state index contributed by atoms with van der Waals surface area (Å²) in [5, 5.41) is 0.824. The second kappa shape index (κ2) is 8.19. The molecular formula is C22H16ClFN2O2S. The molecule has 0 saturated carbocycles. The summed E-state index contributed by atoms with van der Waals surface area (Å²) in [6.45, 7) is 0.275. The van der Waals surface area contributed by atoms with Gasteiger partial charge in [0, 0.05) is 5.02 Å². The number of nitrogens with zero attached hydrogens (tertiary/aromatic N) is 2. The molecule has 0 N–H and O–H groups in total. The van der Waals surface area contributed by atoms with Crippen LogP contribution in [0.4, 0.5) is 9.52 Å². The van der Waals surface area contributed by atoms with Gasteiger partial charge in [-0.3, -0.25) is 9.69 Å². The van der Waals surface area contributed by atoms with E-state index in [1.807, 2.05) is 30.3 Å². The maximum atomic E-state index is 14.2. The standard InChI is InChI=1S/C22H16ClFN2O2S/c1-28-18-11-10-15(23)12-16(18)21(27)26(13-14-6-3-2-4-7-14)22-25-20-17(24)8-5-9-19(20)29-22/h2-12H,13H2,1H3. The van der Waals surface area contributed by atoms with Crippen molar-refractivity contribution in [1.82, 2.24) is 4.98 Å². The van der Waals surface area contributed by atoms with Crippen molar-refractivity contribution in [3.8, 4) is 5.75 Å². The van der Waals surface area contributed by atoms with Crippen LogP contribution in [0.2, 0.25) is 5.02 Å². The van der Waals surface area contributed by atoms with Crippen LogP contribution in [-0.2, 0) is 6.54 Å². The highest BCUT2D eigenvalue weighted by molar-refractivity contribution is 7.22. The van der Waals surface area contributed by atoms with E-state index in [1.54, 1.807) is 30.3 Å². The molecule has 146 valence electrons. The van der Waals surface area contributed by atoms with Crippen LogP contribution in [0.25, 0.3) is 10.2 Å². The molecule has 0 spiro atoms. The number of amides is 1. The lowest BCUT2D eigenvalue weighted by molar-refractivity contribution is 0.0982. The van der Waals surface area contributed by atoms with Gasteiger partial charge in [-0.25, -0.2) is 9.37 Å². The number of aromatic nitrogens is 1. The van der Waals surface area contributed by atoms with Crippen molar-refractivity contribution in [2.24, 2.45) is 0 Å². The molecule has 0 unspecified atom stereocenters. The summed E-state index contributed by atoms with van der Waals surface area (Å²) in [6, 6.07) is 19.2. The first-order valence-electron chi connectivity index (χ1n) is 8.81.